The second-order valence-electron chi connectivity index (χ2n) is 14.5. The fourth-order valence-corrected chi connectivity index (χ4v) is 6.66. The first-order valence-electron chi connectivity index (χ1n) is 17.1. The fourth-order valence-electron chi connectivity index (χ4n) is 6.66. The third kappa shape index (κ3) is 7.80. The molecule has 0 amide bonds. The highest BCUT2D eigenvalue weighted by Crippen LogP contribution is 2.33. The molecule has 0 unspecified atom stereocenters. The number of halogens is 1. The average Bonchev–Trinajstić information content (AvgIpc) is 3.36. The van der Waals surface area contributed by atoms with Crippen LogP contribution in [0.2, 0.25) is 0 Å². The molecule has 242 valence electrons. The summed E-state index contributed by atoms with van der Waals surface area (Å²) in [6, 6.07) is 24.0. The molecule has 0 aliphatic heterocycles. The molecule has 1 saturated carbocycles. The third-order valence-electron chi connectivity index (χ3n) is 9.51. The monoisotopic (exact) mass is 627 g/mol. The van der Waals surface area contributed by atoms with E-state index in [0.29, 0.717) is 24.0 Å². The topological polar surface area (TPSA) is 57.7 Å². The fraction of sp³-hybridized carbons (Fsp3) is 0.390. The predicted molar refractivity (Wildman–Crippen MR) is 190 cm³/mol. The molecule has 0 N–H and O–H groups in total. The first kappa shape index (κ1) is 32.6. The molecule has 0 radical (unpaired) electrons. The molecule has 0 bridgehead atoms. The molecule has 0 spiro atoms. The Morgan fingerprint density at radius 2 is 1.79 bits per heavy atom. The van der Waals surface area contributed by atoms with E-state index < -0.39 is 0 Å². The first-order chi connectivity index (χ1) is 22.6. The van der Waals surface area contributed by atoms with Crippen LogP contribution >= 0.6 is 0 Å². The van der Waals surface area contributed by atoms with E-state index >= 15 is 0 Å². The van der Waals surface area contributed by atoms with Crippen LogP contribution in [-0.4, -0.2) is 26.0 Å². The van der Waals surface area contributed by atoms with Gasteiger partial charge in [0.2, 0.25) is 0 Å². The highest BCUT2D eigenvalue weighted by molar-refractivity contribution is 5.81. The van der Waals surface area contributed by atoms with Crippen LogP contribution in [0.3, 0.4) is 0 Å². The summed E-state index contributed by atoms with van der Waals surface area (Å²) in [7, 11) is 0. The van der Waals surface area contributed by atoms with Gasteiger partial charge in [-0.25, -0.2) is 9.37 Å². The predicted octanol–water partition coefficient (Wildman–Crippen LogP) is 9.65. The molecule has 3 aromatic carbocycles. The number of aromatic nitrogens is 3. The van der Waals surface area contributed by atoms with E-state index in [1.165, 1.54) is 47.5 Å². The number of nitrogens with zero attached hydrogens (tertiary/aromatic N) is 5. The minimum Gasteiger partial charge on any atom is -0.327 e. The van der Waals surface area contributed by atoms with Gasteiger partial charge < -0.3 is 4.57 Å². The SMILES string of the molecule is C=C(CC(C)(C)C)c1ccc2nc(CN(CC)Cc3ccc4ccc(CCc5ccc(C#N)cc5F)nc4c3)n(CC3CCC3)c2c1. The van der Waals surface area contributed by atoms with Crippen LogP contribution in [0.15, 0.2) is 73.3 Å². The molecule has 47 heavy (non-hydrogen) atoms. The number of benzene rings is 3. The van der Waals surface area contributed by atoms with Crippen molar-refractivity contribution in [2.45, 2.75) is 85.9 Å². The zero-order chi connectivity index (χ0) is 33.1. The Balaban J connectivity index is 1.20. The standard InChI is InChI=1S/C41H46FN5/c1-6-46(25-31-11-13-33-15-18-35(44-38(33)21-31)17-14-32-12-10-30(24-43)20-36(32)42)27-40-45-37-19-16-34(28(2)23-41(3,4)5)22-39(37)47(40)26-29-8-7-9-29/h10-13,15-16,18-22,29H,2,6-9,14,17,23,25-27H2,1,3-5H3. The summed E-state index contributed by atoms with van der Waals surface area (Å²) in [5, 5.41) is 10.1. The summed E-state index contributed by atoms with van der Waals surface area (Å²) in [5.74, 6) is 1.51. The van der Waals surface area contributed by atoms with Crippen molar-refractivity contribution < 1.29 is 4.39 Å². The third-order valence-corrected chi connectivity index (χ3v) is 9.51. The van der Waals surface area contributed by atoms with Crippen molar-refractivity contribution in [1.29, 1.82) is 5.26 Å². The maximum absolute atomic E-state index is 14.4. The maximum atomic E-state index is 14.4. The Kier molecular flexibility index (Phi) is 9.57. The van der Waals surface area contributed by atoms with E-state index in [2.05, 4.69) is 86.2 Å². The maximum Gasteiger partial charge on any atom is 0.127 e. The number of rotatable bonds is 12. The first-order valence-corrected chi connectivity index (χ1v) is 17.1. The molecule has 2 heterocycles. The van der Waals surface area contributed by atoms with Crippen molar-refractivity contribution >= 4 is 27.5 Å². The lowest BCUT2D eigenvalue weighted by molar-refractivity contribution is 0.245. The van der Waals surface area contributed by atoms with Crippen molar-refractivity contribution in [2.24, 2.45) is 11.3 Å². The van der Waals surface area contributed by atoms with Crippen molar-refractivity contribution in [3.8, 4) is 6.07 Å². The van der Waals surface area contributed by atoms with Gasteiger partial charge in [-0.3, -0.25) is 9.88 Å². The smallest absolute Gasteiger partial charge is 0.127 e. The molecule has 6 rings (SSSR count). The van der Waals surface area contributed by atoms with Crippen LogP contribution in [0.25, 0.3) is 27.5 Å². The van der Waals surface area contributed by atoms with Crippen molar-refractivity contribution in [3.63, 3.8) is 0 Å². The molecular formula is C41H46FN5. The average molecular weight is 628 g/mol. The van der Waals surface area contributed by atoms with Gasteiger partial charge in [-0.05, 0) is 109 Å². The van der Waals surface area contributed by atoms with E-state index in [9.17, 15) is 4.39 Å². The largest absolute Gasteiger partial charge is 0.327 e. The number of hydrogen-bond donors (Lipinski definition) is 0. The Morgan fingerprint density at radius 3 is 2.49 bits per heavy atom. The van der Waals surface area contributed by atoms with Gasteiger partial charge in [0, 0.05) is 24.2 Å². The van der Waals surface area contributed by atoms with Gasteiger partial charge in [0.25, 0.3) is 0 Å². The summed E-state index contributed by atoms with van der Waals surface area (Å²) < 4.78 is 16.9. The zero-order valence-corrected chi connectivity index (χ0v) is 28.3. The number of imidazole rings is 1. The summed E-state index contributed by atoms with van der Waals surface area (Å²) in [6.07, 6.45) is 6.04. The van der Waals surface area contributed by atoms with E-state index in [0.717, 1.165) is 66.5 Å². The number of aryl methyl sites for hydroxylation is 2. The Hall–Kier alpha value is -4.34. The summed E-state index contributed by atoms with van der Waals surface area (Å²) >= 11 is 0. The lowest BCUT2D eigenvalue weighted by atomic mass is 9.85. The lowest BCUT2D eigenvalue weighted by Crippen LogP contribution is -2.26. The second kappa shape index (κ2) is 13.8. The molecule has 1 fully saturated rings. The van der Waals surface area contributed by atoms with Crippen molar-refractivity contribution in [1.82, 2.24) is 19.4 Å². The van der Waals surface area contributed by atoms with Gasteiger partial charge in [0.15, 0.2) is 0 Å². The number of hydrogen-bond acceptors (Lipinski definition) is 4. The Morgan fingerprint density at radius 1 is 0.979 bits per heavy atom. The van der Waals surface area contributed by atoms with E-state index in [4.69, 9.17) is 15.2 Å². The number of allylic oxidation sites excluding steroid dienone is 1. The van der Waals surface area contributed by atoms with Gasteiger partial charge in [-0.15, -0.1) is 0 Å². The second-order valence-corrected chi connectivity index (χ2v) is 14.5. The van der Waals surface area contributed by atoms with Crippen LogP contribution in [0.4, 0.5) is 4.39 Å². The van der Waals surface area contributed by atoms with Gasteiger partial charge in [0.1, 0.15) is 11.6 Å². The number of nitriles is 1. The summed E-state index contributed by atoms with van der Waals surface area (Å²) in [6.45, 7) is 17.0. The molecule has 1 aliphatic carbocycles. The zero-order valence-electron chi connectivity index (χ0n) is 28.3. The molecule has 5 aromatic rings. The minimum absolute atomic E-state index is 0.191. The minimum atomic E-state index is -0.334. The Labute approximate surface area is 278 Å². The number of fused-ring (bicyclic) bond motifs is 2. The van der Waals surface area contributed by atoms with Crippen molar-refractivity contribution in [2.75, 3.05) is 6.54 Å². The molecule has 5 nitrogen and oxygen atoms in total. The normalized spacial score (nSPS) is 13.7. The van der Waals surface area contributed by atoms with E-state index in [1.54, 1.807) is 12.1 Å². The summed E-state index contributed by atoms with van der Waals surface area (Å²) in [5.41, 5.74) is 8.91. The number of pyridine rings is 1. The van der Waals surface area contributed by atoms with Crippen molar-refractivity contribution in [3.05, 3.63) is 113 Å². The molecule has 0 atom stereocenters. The van der Waals surface area contributed by atoms with Crippen LogP contribution in [0.1, 0.15) is 87.2 Å². The molecule has 1 aliphatic rings. The quantitative estimate of drug-likeness (QED) is 0.138. The highest BCUT2D eigenvalue weighted by Gasteiger charge is 2.23. The van der Waals surface area contributed by atoms with Crippen LogP contribution in [0.5, 0.6) is 0 Å². The van der Waals surface area contributed by atoms with Gasteiger partial charge in [0.05, 0.1) is 34.7 Å². The van der Waals surface area contributed by atoms with Gasteiger partial charge in [-0.1, -0.05) is 71.0 Å². The van der Waals surface area contributed by atoms with E-state index in [-0.39, 0.29) is 11.2 Å². The Bertz CT molecular complexity index is 1950. The highest BCUT2D eigenvalue weighted by atomic mass is 19.1. The molecule has 6 heteroatoms. The summed E-state index contributed by atoms with van der Waals surface area (Å²) in [4.78, 5) is 12.6. The molecule has 2 aromatic heterocycles. The molecule has 0 saturated heterocycles. The van der Waals surface area contributed by atoms with E-state index in [1.807, 2.05) is 12.1 Å². The van der Waals surface area contributed by atoms with Crippen LogP contribution in [-0.2, 0) is 32.5 Å². The lowest BCUT2D eigenvalue weighted by Gasteiger charge is -2.28. The van der Waals surface area contributed by atoms with Gasteiger partial charge in [-0.2, -0.15) is 5.26 Å². The van der Waals surface area contributed by atoms with Crippen LogP contribution < -0.4 is 0 Å². The molecular weight excluding hydrogens is 581 g/mol. The van der Waals surface area contributed by atoms with Crippen LogP contribution in [0, 0.1) is 28.5 Å². The van der Waals surface area contributed by atoms with Gasteiger partial charge >= 0.3 is 0 Å².